The zero-order valence-corrected chi connectivity index (χ0v) is 10.2. The lowest BCUT2D eigenvalue weighted by molar-refractivity contribution is -0.384. The molecule has 1 aromatic heterocycles. The summed E-state index contributed by atoms with van der Waals surface area (Å²) in [5.74, 6) is 0. The van der Waals surface area contributed by atoms with Crippen LogP contribution < -0.4 is 5.56 Å². The number of aliphatic hydroxyl groups is 1. The second-order valence-corrected chi connectivity index (χ2v) is 4.13. The number of unbranched alkanes of at least 4 members (excludes halogenated alkanes) is 1. The molecule has 0 atom stereocenters. The standard InChI is InChI=1S/C12H13N3O4/c16-6-2-1-5-14-8-13-11-4-3-9(15(18)19)7-10(11)12(14)17/h3-4,7-8,16H,1-2,5-6H2. The number of nitrogens with zero attached hydrogens (tertiary/aromatic N) is 3. The van der Waals surface area contributed by atoms with Crippen LogP contribution in [0.3, 0.4) is 0 Å². The maximum atomic E-state index is 12.1. The van der Waals surface area contributed by atoms with Gasteiger partial charge in [0.15, 0.2) is 0 Å². The Morgan fingerprint density at radius 2 is 2.16 bits per heavy atom. The average molecular weight is 263 g/mol. The van der Waals surface area contributed by atoms with E-state index in [0.717, 1.165) is 0 Å². The van der Waals surface area contributed by atoms with Crippen LogP contribution in [0.4, 0.5) is 5.69 Å². The van der Waals surface area contributed by atoms with E-state index in [0.29, 0.717) is 24.9 Å². The number of aryl methyl sites for hydroxylation is 1. The van der Waals surface area contributed by atoms with E-state index >= 15 is 0 Å². The summed E-state index contributed by atoms with van der Waals surface area (Å²) in [5.41, 5.74) is 0.0140. The molecule has 1 heterocycles. The monoisotopic (exact) mass is 263 g/mol. The molecule has 1 N–H and O–H groups in total. The van der Waals surface area contributed by atoms with Gasteiger partial charge >= 0.3 is 0 Å². The second kappa shape index (κ2) is 5.57. The molecule has 0 aliphatic carbocycles. The molecule has 0 radical (unpaired) electrons. The van der Waals surface area contributed by atoms with Crippen molar-refractivity contribution in [1.82, 2.24) is 9.55 Å². The Morgan fingerprint density at radius 1 is 1.37 bits per heavy atom. The first-order valence-electron chi connectivity index (χ1n) is 5.88. The molecule has 7 heteroatoms. The van der Waals surface area contributed by atoms with Crippen LogP contribution in [-0.2, 0) is 6.54 Å². The van der Waals surface area contributed by atoms with Crippen molar-refractivity contribution in [3.63, 3.8) is 0 Å². The predicted octanol–water partition coefficient (Wildman–Crippen LogP) is 1.08. The van der Waals surface area contributed by atoms with Gasteiger partial charge in [0.05, 0.1) is 22.2 Å². The molecule has 0 saturated carbocycles. The number of benzene rings is 1. The third-order valence-electron chi connectivity index (χ3n) is 2.83. The quantitative estimate of drug-likeness (QED) is 0.494. The van der Waals surface area contributed by atoms with Crippen molar-refractivity contribution in [2.75, 3.05) is 6.61 Å². The first kappa shape index (κ1) is 13.2. The minimum atomic E-state index is -0.540. The highest BCUT2D eigenvalue weighted by Crippen LogP contribution is 2.16. The number of aliphatic hydroxyl groups excluding tert-OH is 1. The van der Waals surface area contributed by atoms with Gasteiger partial charge in [0.1, 0.15) is 0 Å². The van der Waals surface area contributed by atoms with Crippen molar-refractivity contribution in [3.8, 4) is 0 Å². The van der Waals surface area contributed by atoms with Crippen LogP contribution in [0.5, 0.6) is 0 Å². The molecule has 2 rings (SSSR count). The lowest BCUT2D eigenvalue weighted by atomic mass is 10.2. The molecule has 19 heavy (non-hydrogen) atoms. The van der Waals surface area contributed by atoms with Gasteiger partial charge in [-0.3, -0.25) is 19.5 Å². The molecule has 7 nitrogen and oxygen atoms in total. The fraction of sp³-hybridized carbons (Fsp3) is 0.333. The number of nitro benzene ring substituents is 1. The molecule has 0 saturated heterocycles. The summed E-state index contributed by atoms with van der Waals surface area (Å²) in [5, 5.41) is 19.6. The van der Waals surface area contributed by atoms with Crippen LogP contribution in [0.1, 0.15) is 12.8 Å². The molecule has 0 aliphatic rings. The van der Waals surface area contributed by atoms with E-state index < -0.39 is 4.92 Å². The number of rotatable bonds is 5. The molecule has 1 aromatic carbocycles. The molecule has 0 unspecified atom stereocenters. The van der Waals surface area contributed by atoms with Crippen LogP contribution in [-0.4, -0.2) is 26.2 Å². The first-order chi connectivity index (χ1) is 9.13. The van der Waals surface area contributed by atoms with Crippen LogP contribution in [0.2, 0.25) is 0 Å². The van der Waals surface area contributed by atoms with Crippen molar-refractivity contribution in [1.29, 1.82) is 0 Å². The van der Waals surface area contributed by atoms with Gasteiger partial charge in [-0.05, 0) is 18.9 Å². The highest BCUT2D eigenvalue weighted by molar-refractivity contribution is 5.79. The van der Waals surface area contributed by atoms with Crippen LogP contribution in [0.25, 0.3) is 10.9 Å². The Morgan fingerprint density at radius 3 is 2.84 bits per heavy atom. The third kappa shape index (κ3) is 2.76. The SMILES string of the molecule is O=c1c2cc([N+](=O)[O-])ccc2ncn1CCCCO. The highest BCUT2D eigenvalue weighted by Gasteiger charge is 2.10. The van der Waals surface area contributed by atoms with E-state index in [1.165, 1.54) is 29.1 Å². The van der Waals surface area contributed by atoms with E-state index in [9.17, 15) is 14.9 Å². The minimum Gasteiger partial charge on any atom is -0.396 e. The summed E-state index contributed by atoms with van der Waals surface area (Å²) >= 11 is 0. The van der Waals surface area contributed by atoms with Crippen LogP contribution >= 0.6 is 0 Å². The van der Waals surface area contributed by atoms with E-state index in [2.05, 4.69) is 4.98 Å². The molecular weight excluding hydrogens is 250 g/mol. The minimum absolute atomic E-state index is 0.0707. The van der Waals surface area contributed by atoms with Crippen LogP contribution in [0.15, 0.2) is 29.3 Å². The van der Waals surface area contributed by atoms with Gasteiger partial charge in [-0.1, -0.05) is 0 Å². The summed E-state index contributed by atoms with van der Waals surface area (Å²) in [7, 11) is 0. The van der Waals surface area contributed by atoms with Crippen molar-refractivity contribution < 1.29 is 10.0 Å². The van der Waals surface area contributed by atoms with E-state index in [1.54, 1.807) is 0 Å². The largest absolute Gasteiger partial charge is 0.396 e. The summed E-state index contributed by atoms with van der Waals surface area (Å²) < 4.78 is 1.40. The Hall–Kier alpha value is -2.28. The lowest BCUT2D eigenvalue weighted by Crippen LogP contribution is -2.20. The Kier molecular flexibility index (Phi) is 3.86. The predicted molar refractivity (Wildman–Crippen MR) is 69.0 cm³/mol. The summed E-state index contributed by atoms with van der Waals surface area (Å²) in [4.78, 5) is 26.4. The van der Waals surface area contributed by atoms with E-state index in [-0.39, 0.29) is 23.2 Å². The van der Waals surface area contributed by atoms with Crippen molar-refractivity contribution in [3.05, 3.63) is 45.0 Å². The topological polar surface area (TPSA) is 98.3 Å². The zero-order chi connectivity index (χ0) is 13.8. The molecular formula is C12H13N3O4. The van der Waals surface area contributed by atoms with Gasteiger partial charge in [0.25, 0.3) is 11.2 Å². The van der Waals surface area contributed by atoms with Crippen molar-refractivity contribution >= 4 is 16.6 Å². The summed E-state index contributed by atoms with van der Waals surface area (Å²) in [6.45, 7) is 0.506. The third-order valence-corrected chi connectivity index (χ3v) is 2.83. The lowest BCUT2D eigenvalue weighted by Gasteiger charge is -2.05. The van der Waals surface area contributed by atoms with Gasteiger partial charge < -0.3 is 5.11 Å². The van der Waals surface area contributed by atoms with Gasteiger partial charge in [-0.2, -0.15) is 0 Å². The molecule has 2 aromatic rings. The van der Waals surface area contributed by atoms with Gasteiger partial charge in [0, 0.05) is 25.3 Å². The number of nitro groups is 1. The molecule has 100 valence electrons. The average Bonchev–Trinajstić information content (AvgIpc) is 2.41. The van der Waals surface area contributed by atoms with Crippen molar-refractivity contribution in [2.24, 2.45) is 0 Å². The number of aromatic nitrogens is 2. The van der Waals surface area contributed by atoms with E-state index in [4.69, 9.17) is 5.11 Å². The molecule has 0 bridgehead atoms. The van der Waals surface area contributed by atoms with E-state index in [1.807, 2.05) is 0 Å². The summed E-state index contributed by atoms with van der Waals surface area (Å²) in [6.07, 6.45) is 2.67. The maximum Gasteiger partial charge on any atom is 0.270 e. The number of fused-ring (bicyclic) bond motifs is 1. The molecule has 0 spiro atoms. The van der Waals surface area contributed by atoms with Crippen LogP contribution in [0, 0.1) is 10.1 Å². The number of hydrogen-bond donors (Lipinski definition) is 1. The fourth-order valence-electron chi connectivity index (χ4n) is 1.81. The smallest absolute Gasteiger partial charge is 0.270 e. The summed E-state index contributed by atoms with van der Waals surface area (Å²) in [6, 6.07) is 4.03. The number of hydrogen-bond acceptors (Lipinski definition) is 5. The number of non-ortho nitro benzene ring substituents is 1. The zero-order valence-electron chi connectivity index (χ0n) is 10.2. The fourth-order valence-corrected chi connectivity index (χ4v) is 1.81. The maximum absolute atomic E-state index is 12.1. The van der Waals surface area contributed by atoms with Crippen molar-refractivity contribution in [2.45, 2.75) is 19.4 Å². The molecule has 0 amide bonds. The molecule has 0 fully saturated rings. The van der Waals surface area contributed by atoms with Gasteiger partial charge in [-0.25, -0.2) is 4.98 Å². The second-order valence-electron chi connectivity index (χ2n) is 4.13. The first-order valence-corrected chi connectivity index (χ1v) is 5.88. The Balaban J connectivity index is 2.44. The van der Waals surface area contributed by atoms with Gasteiger partial charge in [0.2, 0.25) is 0 Å². The molecule has 0 aliphatic heterocycles. The Labute approximate surface area is 108 Å². The van der Waals surface area contributed by atoms with Gasteiger partial charge in [-0.15, -0.1) is 0 Å². The Bertz CT molecular complexity index is 666. The highest BCUT2D eigenvalue weighted by atomic mass is 16.6. The normalized spacial score (nSPS) is 10.8.